The Morgan fingerprint density at radius 2 is 2.15 bits per heavy atom. The van der Waals surface area contributed by atoms with E-state index < -0.39 is 0 Å². The van der Waals surface area contributed by atoms with E-state index in [1.54, 1.807) is 18.2 Å². The zero-order chi connectivity index (χ0) is 13.9. The third-order valence-electron chi connectivity index (χ3n) is 3.68. The van der Waals surface area contributed by atoms with Crippen molar-refractivity contribution in [3.05, 3.63) is 36.0 Å². The van der Waals surface area contributed by atoms with Crippen LogP contribution >= 0.6 is 0 Å². The number of nitrogens with zero attached hydrogens (tertiary/aromatic N) is 2. The molecule has 0 saturated heterocycles. The van der Waals surface area contributed by atoms with Crippen molar-refractivity contribution in [3.63, 3.8) is 0 Å². The Hall–Kier alpha value is -2.04. The predicted molar refractivity (Wildman–Crippen MR) is 70.4 cm³/mol. The van der Waals surface area contributed by atoms with E-state index in [0.717, 1.165) is 19.3 Å². The van der Waals surface area contributed by atoms with Gasteiger partial charge in [0, 0.05) is 18.8 Å². The van der Waals surface area contributed by atoms with Crippen molar-refractivity contribution < 1.29 is 13.7 Å². The molecule has 20 heavy (non-hydrogen) atoms. The number of benzene rings is 1. The summed E-state index contributed by atoms with van der Waals surface area (Å²) in [6, 6.07) is 6.30. The first-order chi connectivity index (χ1) is 9.74. The van der Waals surface area contributed by atoms with Gasteiger partial charge >= 0.3 is 0 Å². The van der Waals surface area contributed by atoms with Crippen LogP contribution in [0.2, 0.25) is 0 Å². The minimum Gasteiger partial charge on any atom is -0.339 e. The fourth-order valence-electron chi connectivity index (χ4n) is 2.57. The van der Waals surface area contributed by atoms with Crippen molar-refractivity contribution in [2.75, 3.05) is 0 Å². The summed E-state index contributed by atoms with van der Waals surface area (Å²) < 4.78 is 18.8. The van der Waals surface area contributed by atoms with Crippen LogP contribution in [-0.4, -0.2) is 15.9 Å². The number of rotatable bonds is 3. The fourth-order valence-corrected chi connectivity index (χ4v) is 2.57. The van der Waals surface area contributed by atoms with Crippen molar-refractivity contribution in [3.8, 4) is 11.4 Å². The Morgan fingerprint density at radius 1 is 1.30 bits per heavy atom. The molecule has 1 atom stereocenters. The topological polar surface area (TPSA) is 56.0 Å². The second-order valence-corrected chi connectivity index (χ2v) is 5.10. The highest BCUT2D eigenvalue weighted by atomic mass is 19.1. The van der Waals surface area contributed by atoms with Gasteiger partial charge in [-0.3, -0.25) is 4.79 Å². The number of Topliss-reactive ketones (excluding diaryl/α,β-unsaturated/α-hetero) is 1. The third-order valence-corrected chi connectivity index (χ3v) is 3.68. The molecule has 3 rings (SSSR count). The molecule has 1 heterocycles. The Kier molecular flexibility index (Phi) is 3.58. The van der Waals surface area contributed by atoms with Gasteiger partial charge in [0.15, 0.2) is 0 Å². The molecule has 2 aromatic rings. The molecule has 1 aromatic heterocycles. The highest BCUT2D eigenvalue weighted by Gasteiger charge is 2.25. The summed E-state index contributed by atoms with van der Waals surface area (Å²) in [5.74, 6) is 0.498. The largest absolute Gasteiger partial charge is 0.339 e. The molecule has 0 amide bonds. The number of carbonyl (C=O) groups is 1. The van der Waals surface area contributed by atoms with Crippen LogP contribution in [0.5, 0.6) is 0 Å². The van der Waals surface area contributed by atoms with Crippen LogP contribution < -0.4 is 0 Å². The van der Waals surface area contributed by atoms with Gasteiger partial charge in [-0.05, 0) is 25.0 Å². The molecule has 1 fully saturated rings. The minimum absolute atomic E-state index is 0.0299. The number of hydrogen-bond donors (Lipinski definition) is 0. The Bertz CT molecular complexity index is 624. The van der Waals surface area contributed by atoms with Crippen molar-refractivity contribution >= 4 is 5.78 Å². The molecule has 1 aliphatic carbocycles. The summed E-state index contributed by atoms with van der Waals surface area (Å²) in [7, 11) is 0. The quantitative estimate of drug-likeness (QED) is 0.862. The van der Waals surface area contributed by atoms with Crippen LogP contribution in [0.3, 0.4) is 0 Å². The number of ketones is 1. The van der Waals surface area contributed by atoms with Gasteiger partial charge in [-0.15, -0.1) is 0 Å². The van der Waals surface area contributed by atoms with E-state index in [4.69, 9.17) is 4.52 Å². The van der Waals surface area contributed by atoms with E-state index >= 15 is 0 Å². The van der Waals surface area contributed by atoms with Crippen molar-refractivity contribution in [2.24, 2.45) is 5.92 Å². The van der Waals surface area contributed by atoms with E-state index in [0.29, 0.717) is 24.3 Å². The lowest BCUT2D eigenvalue weighted by Gasteiger charge is -2.18. The average Bonchev–Trinajstić information content (AvgIpc) is 2.90. The predicted octanol–water partition coefficient (Wildman–Crippen LogP) is 3.18. The van der Waals surface area contributed by atoms with Crippen LogP contribution in [0.4, 0.5) is 4.39 Å². The van der Waals surface area contributed by atoms with Gasteiger partial charge in [-0.1, -0.05) is 23.7 Å². The van der Waals surface area contributed by atoms with Crippen LogP contribution in [-0.2, 0) is 11.2 Å². The highest BCUT2D eigenvalue weighted by Crippen LogP contribution is 2.25. The van der Waals surface area contributed by atoms with Gasteiger partial charge in [0.05, 0.1) is 5.56 Å². The molecule has 0 N–H and O–H groups in total. The first kappa shape index (κ1) is 13.0. The molecule has 1 saturated carbocycles. The number of carbonyl (C=O) groups excluding carboxylic acids is 1. The first-order valence-electron chi connectivity index (χ1n) is 6.84. The monoisotopic (exact) mass is 274 g/mol. The summed E-state index contributed by atoms with van der Waals surface area (Å²) in [6.45, 7) is 0. The van der Waals surface area contributed by atoms with Gasteiger partial charge in [-0.2, -0.15) is 4.98 Å². The molecule has 5 heteroatoms. The standard InChI is InChI=1S/C15H15FN2O2/c16-12-7-3-2-6-11(12)15-17-14(20-18-15)9-10-5-1-4-8-13(10)19/h2-3,6-7,10H,1,4-5,8-9H2. The second kappa shape index (κ2) is 5.53. The molecule has 104 valence electrons. The summed E-state index contributed by atoms with van der Waals surface area (Å²) in [4.78, 5) is 16.0. The lowest BCUT2D eigenvalue weighted by atomic mass is 9.86. The Balaban J connectivity index is 1.77. The SMILES string of the molecule is O=C1CCCCC1Cc1nc(-c2ccccc2F)no1. The number of aromatic nitrogens is 2. The van der Waals surface area contributed by atoms with Gasteiger partial charge in [0.1, 0.15) is 11.6 Å². The lowest BCUT2D eigenvalue weighted by Crippen LogP contribution is -2.21. The van der Waals surface area contributed by atoms with E-state index in [2.05, 4.69) is 10.1 Å². The smallest absolute Gasteiger partial charge is 0.227 e. The van der Waals surface area contributed by atoms with Crippen LogP contribution in [0.1, 0.15) is 31.6 Å². The zero-order valence-corrected chi connectivity index (χ0v) is 11.0. The van der Waals surface area contributed by atoms with E-state index in [-0.39, 0.29) is 23.3 Å². The van der Waals surface area contributed by atoms with Gasteiger partial charge in [-0.25, -0.2) is 4.39 Å². The molecule has 0 bridgehead atoms. The second-order valence-electron chi connectivity index (χ2n) is 5.10. The maximum Gasteiger partial charge on any atom is 0.227 e. The maximum atomic E-state index is 13.6. The lowest BCUT2D eigenvalue weighted by molar-refractivity contribution is -0.124. The Morgan fingerprint density at radius 3 is 2.95 bits per heavy atom. The molecule has 0 radical (unpaired) electrons. The summed E-state index contributed by atoms with van der Waals surface area (Å²) in [5.41, 5.74) is 0.317. The molecule has 1 unspecified atom stereocenters. The molecular formula is C15H15FN2O2. The van der Waals surface area contributed by atoms with E-state index in [1.807, 2.05) is 0 Å². The molecule has 1 aromatic carbocycles. The van der Waals surface area contributed by atoms with Crippen molar-refractivity contribution in [2.45, 2.75) is 32.1 Å². The first-order valence-corrected chi connectivity index (χ1v) is 6.84. The van der Waals surface area contributed by atoms with Crippen LogP contribution in [0.15, 0.2) is 28.8 Å². The minimum atomic E-state index is -0.381. The average molecular weight is 274 g/mol. The van der Waals surface area contributed by atoms with Gasteiger partial charge in [0.25, 0.3) is 0 Å². The summed E-state index contributed by atoms with van der Waals surface area (Å²) in [6.07, 6.45) is 4.00. The molecule has 4 nitrogen and oxygen atoms in total. The van der Waals surface area contributed by atoms with Crippen LogP contribution in [0.25, 0.3) is 11.4 Å². The number of halogens is 1. The third kappa shape index (κ3) is 2.61. The van der Waals surface area contributed by atoms with E-state index in [1.165, 1.54) is 6.07 Å². The normalized spacial score (nSPS) is 19.2. The van der Waals surface area contributed by atoms with Gasteiger partial charge < -0.3 is 4.52 Å². The molecule has 0 aliphatic heterocycles. The Labute approximate surface area is 116 Å². The molecule has 0 spiro atoms. The number of hydrogen-bond acceptors (Lipinski definition) is 4. The van der Waals surface area contributed by atoms with Gasteiger partial charge in [0.2, 0.25) is 11.7 Å². The molecule has 1 aliphatic rings. The highest BCUT2D eigenvalue weighted by molar-refractivity contribution is 5.81. The fraction of sp³-hybridized carbons (Fsp3) is 0.400. The molecular weight excluding hydrogens is 259 g/mol. The summed E-state index contributed by atoms with van der Waals surface area (Å²) in [5, 5.41) is 3.80. The van der Waals surface area contributed by atoms with E-state index in [9.17, 15) is 9.18 Å². The maximum absolute atomic E-state index is 13.6. The summed E-state index contributed by atoms with van der Waals surface area (Å²) >= 11 is 0. The van der Waals surface area contributed by atoms with Crippen LogP contribution in [0, 0.1) is 11.7 Å². The van der Waals surface area contributed by atoms with Crippen molar-refractivity contribution in [1.29, 1.82) is 0 Å². The van der Waals surface area contributed by atoms with Crippen molar-refractivity contribution in [1.82, 2.24) is 10.1 Å². The zero-order valence-electron chi connectivity index (χ0n) is 11.0.